The van der Waals surface area contributed by atoms with Crippen molar-refractivity contribution in [3.63, 3.8) is 0 Å². The minimum atomic E-state index is -2.18. The van der Waals surface area contributed by atoms with Gasteiger partial charge in [0.1, 0.15) is 30.4 Å². The molecule has 1 aliphatic rings. The quantitative estimate of drug-likeness (QED) is 0.278. The lowest BCUT2D eigenvalue weighted by molar-refractivity contribution is -0.332. The molecule has 2 aromatic heterocycles. The maximum absolute atomic E-state index is 10.2. The molecule has 0 spiro atoms. The molecule has 2 aromatic rings. The number of fused-ring (bicyclic) bond motifs is 1. The van der Waals surface area contributed by atoms with Crippen LogP contribution in [0.4, 0.5) is 5.82 Å². The molecule has 5 atom stereocenters. The second kappa shape index (κ2) is 7.17. The van der Waals surface area contributed by atoms with E-state index in [0.717, 1.165) is 0 Å². The summed E-state index contributed by atoms with van der Waals surface area (Å²) in [6, 6.07) is 0. The number of aliphatic hydroxyl groups is 2. The molecule has 12 nitrogen and oxygen atoms in total. The van der Waals surface area contributed by atoms with Gasteiger partial charge >= 0.3 is 0 Å². The number of aliphatic hydroxyl groups excluding tert-OH is 2. The van der Waals surface area contributed by atoms with Gasteiger partial charge in [0.15, 0.2) is 17.7 Å². The highest BCUT2D eigenvalue weighted by molar-refractivity contribution is 7.45. The molecule has 3 heterocycles. The molecular formula is C11H16N5O7P. The monoisotopic (exact) mass is 361 g/mol. The van der Waals surface area contributed by atoms with Gasteiger partial charge in [-0.25, -0.2) is 15.0 Å². The smallest absolute Gasteiger partial charge is 0.232 e. The fourth-order valence-electron chi connectivity index (χ4n) is 2.35. The third kappa shape index (κ3) is 3.06. The van der Waals surface area contributed by atoms with Crippen LogP contribution in [-0.4, -0.2) is 66.6 Å². The van der Waals surface area contributed by atoms with E-state index in [0.29, 0.717) is 11.2 Å². The van der Waals surface area contributed by atoms with Gasteiger partial charge < -0.3 is 30.3 Å². The van der Waals surface area contributed by atoms with Crippen molar-refractivity contribution < 1.29 is 34.1 Å². The first kappa shape index (κ1) is 17.3. The van der Waals surface area contributed by atoms with Crippen LogP contribution in [-0.2, 0) is 19.0 Å². The minimum Gasteiger partial charge on any atom is -0.387 e. The molecule has 0 bridgehead atoms. The predicted molar refractivity (Wildman–Crippen MR) is 78.8 cm³/mol. The normalized spacial score (nSPS) is 28.5. The van der Waals surface area contributed by atoms with E-state index < -0.39 is 39.4 Å². The number of imidazole rings is 1. The number of aromatic nitrogens is 4. The maximum Gasteiger partial charge on any atom is 0.232 e. The molecule has 5 N–H and O–H groups in total. The van der Waals surface area contributed by atoms with Crippen molar-refractivity contribution in [2.24, 2.45) is 0 Å². The van der Waals surface area contributed by atoms with Crippen LogP contribution in [0.1, 0.15) is 6.23 Å². The molecule has 1 saturated heterocycles. The van der Waals surface area contributed by atoms with Gasteiger partial charge in [0, 0.05) is 7.11 Å². The standard InChI is InChI=1S/C11H16N5O7P/c1-20-7-6(18)11(22-23-24(19)4-17)21-10(7)16-3-15-5-8(12)13-2-14-9(5)16/h2-3,6-7,10-11,17-19H,4H2,1H3,(H2,12,13,14)/t6?,7-,10+,11+,24?/m0/s1. The maximum atomic E-state index is 10.2. The second-order valence-electron chi connectivity index (χ2n) is 4.83. The molecule has 1 aliphatic heterocycles. The van der Waals surface area contributed by atoms with Crippen LogP contribution in [0.3, 0.4) is 0 Å². The van der Waals surface area contributed by atoms with Gasteiger partial charge in [-0.15, -0.1) is 0 Å². The van der Waals surface area contributed by atoms with E-state index in [4.69, 9.17) is 25.2 Å². The molecule has 0 aliphatic carbocycles. The van der Waals surface area contributed by atoms with Gasteiger partial charge in [-0.1, -0.05) is 0 Å². The van der Waals surface area contributed by atoms with Crippen LogP contribution in [0.5, 0.6) is 0 Å². The van der Waals surface area contributed by atoms with Crippen LogP contribution in [0, 0.1) is 0 Å². The Morgan fingerprint density at radius 1 is 1.42 bits per heavy atom. The Morgan fingerprint density at radius 3 is 2.92 bits per heavy atom. The second-order valence-corrected chi connectivity index (χ2v) is 5.97. The van der Waals surface area contributed by atoms with Gasteiger partial charge in [-0.05, 0) is 0 Å². The van der Waals surface area contributed by atoms with Crippen molar-refractivity contribution in [2.75, 3.05) is 19.2 Å². The topological polar surface area (TPSA) is 167 Å². The summed E-state index contributed by atoms with van der Waals surface area (Å²) in [6.45, 7) is 0. The third-order valence-corrected chi connectivity index (χ3v) is 3.95. The summed E-state index contributed by atoms with van der Waals surface area (Å²) in [6.07, 6.45) is -2.05. The summed E-state index contributed by atoms with van der Waals surface area (Å²) in [4.78, 5) is 26.1. The summed E-state index contributed by atoms with van der Waals surface area (Å²) in [7, 11) is -0.787. The summed E-state index contributed by atoms with van der Waals surface area (Å²) in [5.41, 5.74) is 6.52. The number of nitrogen functional groups attached to an aromatic ring is 1. The molecule has 24 heavy (non-hydrogen) atoms. The largest absolute Gasteiger partial charge is 0.387 e. The fraction of sp³-hybridized carbons (Fsp3) is 0.545. The molecule has 0 radical (unpaired) electrons. The molecule has 13 heteroatoms. The number of nitrogens with zero attached hydrogens (tertiary/aromatic N) is 4. The van der Waals surface area contributed by atoms with Crippen molar-refractivity contribution in [3.8, 4) is 0 Å². The van der Waals surface area contributed by atoms with Gasteiger partial charge in [0.2, 0.25) is 14.7 Å². The fourth-order valence-corrected chi connectivity index (χ4v) is 2.58. The number of ether oxygens (including phenoxy) is 2. The summed E-state index contributed by atoms with van der Waals surface area (Å²) >= 11 is 0. The van der Waals surface area contributed by atoms with Crippen LogP contribution in [0.25, 0.3) is 11.2 Å². The number of methoxy groups -OCH3 is 1. The van der Waals surface area contributed by atoms with Crippen molar-refractivity contribution in [1.29, 1.82) is 0 Å². The molecular weight excluding hydrogens is 345 g/mol. The first-order valence-corrected chi connectivity index (χ1v) is 8.16. The lowest BCUT2D eigenvalue weighted by atomic mass is 10.2. The SMILES string of the molecule is CO[C@H]1C(O)[C@@H](OOP(O)CO)O[C@H]1n1cnc2c(N)ncnc21. The van der Waals surface area contributed by atoms with E-state index in [-0.39, 0.29) is 5.82 Å². The van der Waals surface area contributed by atoms with Crippen molar-refractivity contribution >= 4 is 25.4 Å². The number of hydrogen-bond acceptors (Lipinski definition) is 11. The first-order chi connectivity index (χ1) is 11.6. The van der Waals surface area contributed by atoms with Gasteiger partial charge in [-0.2, -0.15) is 9.56 Å². The highest BCUT2D eigenvalue weighted by Gasteiger charge is 2.47. The molecule has 2 unspecified atom stereocenters. The van der Waals surface area contributed by atoms with Crippen molar-refractivity contribution in [1.82, 2.24) is 19.5 Å². The average Bonchev–Trinajstić information content (AvgIpc) is 3.14. The van der Waals surface area contributed by atoms with Crippen LogP contribution in [0.15, 0.2) is 12.7 Å². The number of anilines is 1. The Labute approximate surface area is 136 Å². The summed E-state index contributed by atoms with van der Waals surface area (Å²) < 4.78 is 16.9. The van der Waals surface area contributed by atoms with E-state index in [1.807, 2.05) is 0 Å². The molecule has 132 valence electrons. The number of rotatable bonds is 6. The Kier molecular flexibility index (Phi) is 5.18. The molecule has 0 amide bonds. The Balaban J connectivity index is 1.85. The highest BCUT2D eigenvalue weighted by atomic mass is 31.2. The average molecular weight is 361 g/mol. The minimum absolute atomic E-state index is 0.205. The molecule has 1 fully saturated rings. The zero-order chi connectivity index (χ0) is 17.3. The van der Waals surface area contributed by atoms with Crippen molar-refractivity contribution in [2.45, 2.75) is 24.7 Å². The lowest BCUT2D eigenvalue weighted by Gasteiger charge is -2.19. The van der Waals surface area contributed by atoms with Gasteiger partial charge in [0.05, 0.1) is 6.33 Å². The first-order valence-electron chi connectivity index (χ1n) is 6.77. The van der Waals surface area contributed by atoms with E-state index in [9.17, 15) is 10.00 Å². The van der Waals surface area contributed by atoms with E-state index >= 15 is 0 Å². The van der Waals surface area contributed by atoms with Crippen LogP contribution >= 0.6 is 8.38 Å². The summed E-state index contributed by atoms with van der Waals surface area (Å²) in [5, 5.41) is 19.0. The molecule has 0 aromatic carbocycles. The summed E-state index contributed by atoms with van der Waals surface area (Å²) in [5.74, 6) is 0.205. The van der Waals surface area contributed by atoms with E-state index in [2.05, 4.69) is 19.6 Å². The Morgan fingerprint density at radius 2 is 2.21 bits per heavy atom. The number of nitrogens with two attached hydrogens (primary N) is 1. The van der Waals surface area contributed by atoms with E-state index in [1.165, 1.54) is 24.3 Å². The zero-order valence-electron chi connectivity index (χ0n) is 12.5. The van der Waals surface area contributed by atoms with Crippen LogP contribution < -0.4 is 5.73 Å². The zero-order valence-corrected chi connectivity index (χ0v) is 13.4. The van der Waals surface area contributed by atoms with Crippen molar-refractivity contribution in [3.05, 3.63) is 12.7 Å². The lowest BCUT2D eigenvalue weighted by Crippen LogP contribution is -2.34. The molecule has 3 rings (SSSR count). The van der Waals surface area contributed by atoms with Gasteiger partial charge in [0.25, 0.3) is 0 Å². The molecule has 0 saturated carbocycles. The van der Waals surface area contributed by atoms with Gasteiger partial charge in [-0.3, -0.25) is 4.57 Å². The van der Waals surface area contributed by atoms with Crippen LogP contribution in [0.2, 0.25) is 0 Å². The predicted octanol–water partition coefficient (Wildman–Crippen LogP) is -1.16. The third-order valence-electron chi connectivity index (χ3n) is 3.45. The van der Waals surface area contributed by atoms with E-state index in [1.54, 1.807) is 0 Å². The Hall–Kier alpha value is -1.50. The number of hydrogen-bond donors (Lipinski definition) is 4. The highest BCUT2D eigenvalue weighted by Crippen LogP contribution is 2.37. The Bertz CT molecular complexity index is 702.